The minimum absolute atomic E-state index is 0.110. The van der Waals surface area contributed by atoms with Crippen molar-refractivity contribution in [3.63, 3.8) is 0 Å². The van der Waals surface area contributed by atoms with Gasteiger partial charge in [-0.3, -0.25) is 0 Å². The van der Waals surface area contributed by atoms with Gasteiger partial charge in [0.1, 0.15) is 0 Å². The lowest BCUT2D eigenvalue weighted by Crippen LogP contribution is -2.19. The monoisotopic (exact) mass is 628 g/mol. The number of aromatic nitrogens is 2. The van der Waals surface area contributed by atoms with Crippen LogP contribution in [0.5, 0.6) is 0 Å². The summed E-state index contributed by atoms with van der Waals surface area (Å²) in [6, 6.07) is 41.0. The van der Waals surface area contributed by atoms with E-state index in [2.05, 4.69) is 188 Å². The summed E-state index contributed by atoms with van der Waals surface area (Å²) in [5, 5.41) is 2.54. The van der Waals surface area contributed by atoms with E-state index < -0.39 is 0 Å². The molecule has 0 saturated heterocycles. The van der Waals surface area contributed by atoms with Gasteiger partial charge in [-0.2, -0.15) is 0 Å². The van der Waals surface area contributed by atoms with Crippen molar-refractivity contribution in [3.05, 3.63) is 143 Å². The molecule has 0 atom stereocenters. The van der Waals surface area contributed by atoms with Crippen LogP contribution in [0, 0.1) is 27.7 Å². The molecule has 0 fully saturated rings. The van der Waals surface area contributed by atoms with Crippen molar-refractivity contribution in [3.8, 4) is 33.9 Å². The van der Waals surface area contributed by atoms with Crippen LogP contribution in [-0.2, 0) is 10.8 Å². The summed E-state index contributed by atoms with van der Waals surface area (Å²) in [5.41, 5.74) is 17.6. The molecule has 2 nitrogen and oxygen atoms in total. The summed E-state index contributed by atoms with van der Waals surface area (Å²) in [5.74, 6) is 0. The highest BCUT2D eigenvalue weighted by molar-refractivity contribution is 5.94. The second kappa shape index (κ2) is 11.4. The molecule has 0 aliphatic carbocycles. The fraction of sp³-hybridized carbons (Fsp3) is 0.261. The second-order valence-electron chi connectivity index (χ2n) is 15.8. The number of para-hydroxylation sites is 2. The molecule has 7 rings (SSSR count). The molecular weight excluding hydrogens is 581 g/mol. The van der Waals surface area contributed by atoms with Crippen LogP contribution in [0.4, 0.5) is 0 Å². The number of fused-ring (bicyclic) bond motifs is 2. The Labute approximate surface area is 286 Å². The van der Waals surface area contributed by atoms with Gasteiger partial charge in [-0.1, -0.05) is 77.9 Å². The molecule has 5 aromatic carbocycles. The van der Waals surface area contributed by atoms with Crippen LogP contribution in [0.2, 0.25) is 0 Å². The molecule has 0 aliphatic rings. The Morgan fingerprint density at radius 3 is 1.06 bits per heavy atom. The van der Waals surface area contributed by atoms with Crippen LogP contribution < -0.4 is 0 Å². The van der Waals surface area contributed by atoms with Crippen molar-refractivity contribution in [2.24, 2.45) is 0 Å². The van der Waals surface area contributed by atoms with E-state index in [9.17, 15) is 0 Å². The van der Waals surface area contributed by atoms with Crippen molar-refractivity contribution in [2.75, 3.05) is 0 Å². The Morgan fingerprint density at radius 1 is 0.396 bits per heavy atom. The average Bonchev–Trinajstić information content (AvgIpc) is 3.58. The molecule has 0 aliphatic heterocycles. The second-order valence-corrected chi connectivity index (χ2v) is 15.8. The number of benzene rings is 5. The van der Waals surface area contributed by atoms with Crippen LogP contribution in [-0.4, -0.2) is 9.13 Å². The largest absolute Gasteiger partial charge is 0.309 e. The predicted octanol–water partition coefficient (Wildman–Crippen LogP) is 12.7. The summed E-state index contributed by atoms with van der Waals surface area (Å²) in [6.07, 6.45) is 0. The fourth-order valence-corrected chi connectivity index (χ4v) is 7.32. The summed E-state index contributed by atoms with van der Waals surface area (Å²) in [6.45, 7) is 23.0. The van der Waals surface area contributed by atoms with Gasteiger partial charge in [-0.05, 0) is 145 Å². The molecule has 2 heteroatoms. The van der Waals surface area contributed by atoms with Crippen LogP contribution in [0.1, 0.15) is 74.9 Å². The van der Waals surface area contributed by atoms with E-state index in [4.69, 9.17) is 0 Å². The van der Waals surface area contributed by atoms with Gasteiger partial charge in [0.15, 0.2) is 0 Å². The maximum atomic E-state index is 2.52. The first-order valence-electron chi connectivity index (χ1n) is 17.3. The maximum Gasteiger partial charge on any atom is 0.0544 e. The minimum Gasteiger partial charge on any atom is -0.309 e. The summed E-state index contributed by atoms with van der Waals surface area (Å²) >= 11 is 0. The van der Waals surface area contributed by atoms with Gasteiger partial charge in [-0.15, -0.1) is 0 Å². The Morgan fingerprint density at radius 2 is 0.729 bits per heavy atom. The van der Waals surface area contributed by atoms with E-state index in [0.29, 0.717) is 0 Å². The summed E-state index contributed by atoms with van der Waals surface area (Å²) < 4.78 is 4.95. The van der Waals surface area contributed by atoms with Crippen LogP contribution >= 0.6 is 0 Å². The maximum absolute atomic E-state index is 2.52. The number of hydrogen-bond donors (Lipinski definition) is 0. The Hall–Kier alpha value is -4.82. The lowest BCUT2D eigenvalue weighted by Gasteiger charge is -2.31. The van der Waals surface area contributed by atoms with Gasteiger partial charge < -0.3 is 9.13 Å². The van der Waals surface area contributed by atoms with E-state index in [1.165, 1.54) is 89.1 Å². The first-order chi connectivity index (χ1) is 22.7. The molecule has 242 valence electrons. The summed E-state index contributed by atoms with van der Waals surface area (Å²) in [7, 11) is 0. The smallest absolute Gasteiger partial charge is 0.0544 e. The Bertz CT molecular complexity index is 2150. The highest BCUT2D eigenvalue weighted by Gasteiger charge is 2.30. The van der Waals surface area contributed by atoms with Crippen LogP contribution in [0.3, 0.4) is 0 Å². The van der Waals surface area contributed by atoms with Crippen molar-refractivity contribution >= 4 is 21.8 Å². The van der Waals surface area contributed by atoms with Crippen molar-refractivity contribution < 1.29 is 0 Å². The Balaban J connectivity index is 1.61. The lowest BCUT2D eigenvalue weighted by molar-refractivity contribution is 0.579. The van der Waals surface area contributed by atoms with Crippen molar-refractivity contribution in [1.82, 2.24) is 9.13 Å². The molecule has 2 heterocycles. The zero-order valence-electron chi connectivity index (χ0n) is 30.3. The predicted molar refractivity (Wildman–Crippen MR) is 207 cm³/mol. The highest BCUT2D eigenvalue weighted by Crippen LogP contribution is 2.46. The number of rotatable bonds is 4. The zero-order chi connectivity index (χ0) is 34.1. The first-order valence-corrected chi connectivity index (χ1v) is 17.3. The standard InChI is InChI=1S/C46H48N2/c1-29-21-33-25-43(47(41(33)23-31(29)3)35-17-13-11-14-18-35)37-27-40(46(8,9)10)38(28-39(37)45(5,6)7)44-26-34-22-30(2)32(4)24-42(34)48(44)36-19-15-12-16-20-36/h11-28H,1-10H3. The van der Waals surface area contributed by atoms with E-state index in [-0.39, 0.29) is 10.8 Å². The van der Waals surface area contributed by atoms with Gasteiger partial charge in [0.2, 0.25) is 0 Å². The number of hydrogen-bond acceptors (Lipinski definition) is 0. The van der Waals surface area contributed by atoms with Gasteiger partial charge in [0.05, 0.1) is 22.4 Å². The molecule has 2 aromatic heterocycles. The molecule has 0 radical (unpaired) electrons. The molecule has 0 saturated carbocycles. The van der Waals surface area contributed by atoms with Crippen molar-refractivity contribution in [1.29, 1.82) is 0 Å². The Kier molecular flexibility index (Phi) is 7.55. The molecule has 0 spiro atoms. The van der Waals surface area contributed by atoms with Gasteiger partial charge in [0.25, 0.3) is 0 Å². The third-order valence-electron chi connectivity index (χ3n) is 10.2. The van der Waals surface area contributed by atoms with E-state index >= 15 is 0 Å². The SMILES string of the molecule is Cc1cc2cc(-c3cc(C(C)(C)C)c(-c4cc5cc(C)c(C)cc5n4-c4ccccc4)cc3C(C)(C)C)n(-c3ccccc3)c2cc1C. The lowest BCUT2D eigenvalue weighted by atomic mass is 9.75. The number of aryl methyl sites for hydroxylation is 4. The van der Waals surface area contributed by atoms with Crippen LogP contribution in [0.15, 0.2) is 109 Å². The topological polar surface area (TPSA) is 9.86 Å². The molecular formula is C46H48N2. The molecule has 48 heavy (non-hydrogen) atoms. The molecule has 0 N–H and O–H groups in total. The quantitative estimate of drug-likeness (QED) is 0.184. The molecule has 0 unspecified atom stereocenters. The number of nitrogens with zero attached hydrogens (tertiary/aromatic N) is 2. The van der Waals surface area contributed by atoms with Gasteiger partial charge in [-0.25, -0.2) is 0 Å². The van der Waals surface area contributed by atoms with Crippen LogP contribution in [0.25, 0.3) is 55.7 Å². The zero-order valence-corrected chi connectivity index (χ0v) is 30.3. The summed E-state index contributed by atoms with van der Waals surface area (Å²) in [4.78, 5) is 0. The van der Waals surface area contributed by atoms with Gasteiger partial charge >= 0.3 is 0 Å². The van der Waals surface area contributed by atoms with E-state index in [1.807, 2.05) is 0 Å². The van der Waals surface area contributed by atoms with E-state index in [0.717, 1.165) is 0 Å². The first kappa shape index (κ1) is 31.8. The van der Waals surface area contributed by atoms with E-state index in [1.54, 1.807) is 0 Å². The third-order valence-corrected chi connectivity index (χ3v) is 10.2. The van der Waals surface area contributed by atoms with Crippen molar-refractivity contribution in [2.45, 2.75) is 80.1 Å². The normalized spacial score (nSPS) is 12.4. The molecule has 7 aromatic rings. The highest BCUT2D eigenvalue weighted by atomic mass is 15.0. The minimum atomic E-state index is -0.110. The molecule has 0 amide bonds. The third kappa shape index (κ3) is 5.38. The van der Waals surface area contributed by atoms with Gasteiger partial charge in [0, 0.05) is 33.3 Å². The molecule has 0 bridgehead atoms. The fourth-order valence-electron chi connectivity index (χ4n) is 7.32. The average molecular weight is 629 g/mol.